The number of hydrogen-bond donors (Lipinski definition) is 2. The van der Waals surface area contributed by atoms with Crippen LogP contribution in [0.25, 0.3) is 0 Å². The fourth-order valence-corrected chi connectivity index (χ4v) is 0.118. The van der Waals surface area contributed by atoms with E-state index in [2.05, 4.69) is 12.6 Å². The Bertz CT molecular complexity index is 58.6. The summed E-state index contributed by atoms with van der Waals surface area (Å²) in [5.74, 6) is 0. The van der Waals surface area contributed by atoms with E-state index < -0.39 is 0 Å². The average Bonchev–Trinajstić information content (AvgIpc) is 1.65. The van der Waals surface area contributed by atoms with Crippen LogP contribution in [0.3, 0.4) is 0 Å². The Labute approximate surface area is 43.6 Å². The van der Waals surface area contributed by atoms with Gasteiger partial charge in [-0.1, -0.05) is 6.08 Å². The Kier molecular flexibility index (Phi) is 3.28. The van der Waals surface area contributed by atoms with Crippen molar-refractivity contribution >= 4 is 12.6 Å². The highest BCUT2D eigenvalue weighted by molar-refractivity contribution is 7.84. The highest BCUT2D eigenvalue weighted by atomic mass is 32.1. The van der Waals surface area contributed by atoms with Crippen LogP contribution in [0.15, 0.2) is 11.0 Å². The predicted octanol–water partition coefficient (Wildman–Crippen LogP) is 0.779. The van der Waals surface area contributed by atoms with E-state index in [1.807, 2.05) is 13.0 Å². The quantitative estimate of drug-likeness (QED) is 0.471. The molecule has 0 saturated carbocycles. The van der Waals surface area contributed by atoms with Crippen molar-refractivity contribution in [1.29, 1.82) is 0 Å². The fourth-order valence-electron chi connectivity index (χ4n) is 0.118. The van der Waals surface area contributed by atoms with Crippen molar-refractivity contribution in [3.63, 3.8) is 0 Å². The van der Waals surface area contributed by atoms with Gasteiger partial charge in [-0.2, -0.15) is 0 Å². The van der Waals surface area contributed by atoms with Crippen molar-refractivity contribution in [2.45, 2.75) is 6.92 Å². The predicted molar refractivity (Wildman–Crippen MR) is 31.8 cm³/mol. The van der Waals surface area contributed by atoms with Crippen LogP contribution in [-0.2, 0) is 0 Å². The lowest BCUT2D eigenvalue weighted by Gasteiger charge is -1.84. The SMILES string of the molecule is C/C=C(\S)CN. The minimum atomic E-state index is 0.555. The van der Waals surface area contributed by atoms with Gasteiger partial charge >= 0.3 is 0 Å². The summed E-state index contributed by atoms with van der Waals surface area (Å²) in [5, 5.41) is 0. The summed E-state index contributed by atoms with van der Waals surface area (Å²) in [7, 11) is 0. The van der Waals surface area contributed by atoms with Crippen LogP contribution in [0, 0.1) is 0 Å². The van der Waals surface area contributed by atoms with Crippen molar-refractivity contribution in [2.75, 3.05) is 6.54 Å². The third-order valence-electron chi connectivity index (χ3n) is 0.542. The molecule has 0 aromatic heterocycles. The molecule has 0 rings (SSSR count). The number of rotatable bonds is 1. The van der Waals surface area contributed by atoms with E-state index in [9.17, 15) is 0 Å². The molecule has 0 aromatic carbocycles. The third-order valence-corrected chi connectivity index (χ3v) is 0.983. The summed E-state index contributed by atoms with van der Waals surface area (Å²) in [4.78, 5) is 0.940. The highest BCUT2D eigenvalue weighted by Gasteiger charge is 1.74. The Morgan fingerprint density at radius 1 is 2.00 bits per heavy atom. The van der Waals surface area contributed by atoms with Gasteiger partial charge in [-0.3, -0.25) is 0 Å². The van der Waals surface area contributed by atoms with Gasteiger partial charge in [0.2, 0.25) is 0 Å². The molecule has 2 N–H and O–H groups in total. The second-order valence-electron chi connectivity index (χ2n) is 0.984. The molecule has 0 aromatic rings. The molecule has 0 saturated heterocycles. The first-order valence-electron chi connectivity index (χ1n) is 1.85. The zero-order valence-corrected chi connectivity index (χ0v) is 4.70. The fraction of sp³-hybridized carbons (Fsp3) is 0.500. The Balaban J connectivity index is 3.22. The monoisotopic (exact) mass is 103 g/mol. The molecular weight excluding hydrogens is 94.1 g/mol. The molecule has 0 radical (unpaired) electrons. The Morgan fingerprint density at radius 2 is 2.50 bits per heavy atom. The number of allylic oxidation sites excluding steroid dienone is 1. The molecule has 0 aliphatic carbocycles. The highest BCUT2D eigenvalue weighted by Crippen LogP contribution is 1.92. The van der Waals surface area contributed by atoms with Crippen molar-refractivity contribution in [3.8, 4) is 0 Å². The van der Waals surface area contributed by atoms with Crippen molar-refractivity contribution in [1.82, 2.24) is 0 Å². The lowest BCUT2D eigenvalue weighted by Crippen LogP contribution is -1.96. The maximum atomic E-state index is 5.14. The maximum absolute atomic E-state index is 5.14. The second kappa shape index (κ2) is 3.25. The van der Waals surface area contributed by atoms with Gasteiger partial charge in [0.25, 0.3) is 0 Å². The van der Waals surface area contributed by atoms with Crippen LogP contribution in [0.2, 0.25) is 0 Å². The number of hydrogen-bond acceptors (Lipinski definition) is 2. The van der Waals surface area contributed by atoms with Crippen molar-refractivity contribution in [2.24, 2.45) is 5.73 Å². The molecule has 0 aliphatic heterocycles. The molecule has 0 atom stereocenters. The molecule has 36 valence electrons. The number of nitrogens with two attached hydrogens (primary N) is 1. The summed E-state index contributed by atoms with van der Waals surface area (Å²) in [6.45, 7) is 2.47. The van der Waals surface area contributed by atoms with Crippen LogP contribution >= 0.6 is 12.6 Å². The van der Waals surface area contributed by atoms with E-state index in [1.54, 1.807) is 0 Å². The van der Waals surface area contributed by atoms with Gasteiger partial charge in [-0.15, -0.1) is 12.6 Å². The first-order valence-corrected chi connectivity index (χ1v) is 2.30. The Morgan fingerprint density at radius 3 is 2.50 bits per heavy atom. The smallest absolute Gasteiger partial charge is 0.0232 e. The van der Waals surface area contributed by atoms with Gasteiger partial charge in [-0.25, -0.2) is 0 Å². The summed E-state index contributed by atoms with van der Waals surface area (Å²) in [6, 6.07) is 0. The molecule has 2 heteroatoms. The number of thiol groups is 1. The summed E-state index contributed by atoms with van der Waals surface area (Å²) < 4.78 is 0. The molecule has 0 unspecified atom stereocenters. The van der Waals surface area contributed by atoms with E-state index in [0.717, 1.165) is 4.91 Å². The minimum absolute atomic E-state index is 0.555. The van der Waals surface area contributed by atoms with E-state index in [0.29, 0.717) is 6.54 Å². The first-order chi connectivity index (χ1) is 2.81. The average molecular weight is 103 g/mol. The summed E-state index contributed by atoms with van der Waals surface area (Å²) >= 11 is 3.97. The second-order valence-corrected chi connectivity index (χ2v) is 1.56. The van der Waals surface area contributed by atoms with E-state index in [1.165, 1.54) is 0 Å². The first kappa shape index (κ1) is 6.05. The normalized spacial score (nSPS) is 12.2. The molecule has 0 fully saturated rings. The van der Waals surface area contributed by atoms with E-state index in [-0.39, 0.29) is 0 Å². The summed E-state index contributed by atoms with van der Waals surface area (Å²) in [6.07, 6.45) is 1.88. The lowest BCUT2D eigenvalue weighted by molar-refractivity contribution is 1.23. The van der Waals surface area contributed by atoms with Gasteiger partial charge in [0, 0.05) is 6.54 Å². The van der Waals surface area contributed by atoms with Crippen molar-refractivity contribution in [3.05, 3.63) is 11.0 Å². The van der Waals surface area contributed by atoms with Crippen LogP contribution in [-0.4, -0.2) is 6.54 Å². The zero-order valence-electron chi connectivity index (χ0n) is 3.81. The van der Waals surface area contributed by atoms with Gasteiger partial charge in [0.15, 0.2) is 0 Å². The van der Waals surface area contributed by atoms with Gasteiger partial charge in [0.05, 0.1) is 0 Å². The van der Waals surface area contributed by atoms with Crippen LogP contribution in [0.5, 0.6) is 0 Å². The third kappa shape index (κ3) is 2.30. The largest absolute Gasteiger partial charge is 0.326 e. The van der Waals surface area contributed by atoms with Crippen LogP contribution in [0.1, 0.15) is 6.92 Å². The van der Waals surface area contributed by atoms with Crippen LogP contribution in [0.4, 0.5) is 0 Å². The molecule has 0 bridgehead atoms. The van der Waals surface area contributed by atoms with Crippen LogP contribution < -0.4 is 5.73 Å². The zero-order chi connectivity index (χ0) is 4.99. The van der Waals surface area contributed by atoms with Gasteiger partial charge in [-0.05, 0) is 11.8 Å². The molecule has 0 amide bonds. The van der Waals surface area contributed by atoms with Gasteiger partial charge < -0.3 is 5.73 Å². The van der Waals surface area contributed by atoms with Crippen molar-refractivity contribution < 1.29 is 0 Å². The van der Waals surface area contributed by atoms with Gasteiger partial charge in [0.1, 0.15) is 0 Å². The Hall–Kier alpha value is 0.0500. The lowest BCUT2D eigenvalue weighted by atomic mass is 10.5. The van der Waals surface area contributed by atoms with E-state index >= 15 is 0 Å². The molecule has 1 nitrogen and oxygen atoms in total. The molecule has 0 heterocycles. The molecule has 0 spiro atoms. The maximum Gasteiger partial charge on any atom is 0.0232 e. The molecule has 6 heavy (non-hydrogen) atoms. The standard InChI is InChI=1S/C4H9NS/c1-2-4(6)3-5/h2,6H,3,5H2,1H3/b4-2-. The minimum Gasteiger partial charge on any atom is -0.326 e. The topological polar surface area (TPSA) is 26.0 Å². The summed E-state index contributed by atoms with van der Waals surface area (Å²) in [5.41, 5.74) is 5.14. The molecule has 0 aliphatic rings. The van der Waals surface area contributed by atoms with E-state index in [4.69, 9.17) is 5.73 Å². The molecular formula is C4H9NS.